The molecule has 2 rings (SSSR count). The van der Waals surface area contributed by atoms with Crippen LogP contribution in [-0.2, 0) is 25.0 Å². The summed E-state index contributed by atoms with van der Waals surface area (Å²) in [6, 6.07) is 8.56. The van der Waals surface area contributed by atoms with E-state index in [9.17, 15) is 0 Å². The van der Waals surface area contributed by atoms with Gasteiger partial charge >= 0.3 is 0 Å². The lowest BCUT2D eigenvalue weighted by molar-refractivity contribution is 0.295. The van der Waals surface area contributed by atoms with Crippen molar-refractivity contribution in [3.63, 3.8) is 0 Å². The highest BCUT2D eigenvalue weighted by Crippen LogP contribution is 2.22. The van der Waals surface area contributed by atoms with Crippen molar-refractivity contribution in [3.05, 3.63) is 53.2 Å². The lowest BCUT2D eigenvalue weighted by Gasteiger charge is -2.20. The van der Waals surface area contributed by atoms with Crippen LogP contribution in [0.1, 0.15) is 57.4 Å². The third-order valence-electron chi connectivity index (χ3n) is 4.78. The van der Waals surface area contributed by atoms with Gasteiger partial charge in [-0.25, -0.2) is 4.98 Å². The van der Waals surface area contributed by atoms with Crippen molar-refractivity contribution in [2.45, 2.75) is 59.7 Å². The molecule has 0 atom stereocenters. The van der Waals surface area contributed by atoms with Crippen molar-refractivity contribution in [1.82, 2.24) is 20.5 Å². The van der Waals surface area contributed by atoms with Crippen molar-refractivity contribution in [3.8, 4) is 0 Å². The van der Waals surface area contributed by atoms with Gasteiger partial charge in [0, 0.05) is 25.6 Å². The zero-order chi connectivity index (χ0) is 20.6. The van der Waals surface area contributed by atoms with Crippen LogP contribution in [0.3, 0.4) is 0 Å². The first kappa shape index (κ1) is 22.0. The third-order valence-corrected chi connectivity index (χ3v) is 4.78. The largest absolute Gasteiger partial charge is 0.443 e. The molecule has 0 bridgehead atoms. The average Bonchev–Trinajstić information content (AvgIpc) is 3.16. The predicted octanol–water partition coefficient (Wildman–Crippen LogP) is 3.68. The zero-order valence-electron chi connectivity index (χ0n) is 18.2. The predicted molar refractivity (Wildman–Crippen MR) is 115 cm³/mol. The van der Waals surface area contributed by atoms with Gasteiger partial charge in [-0.05, 0) is 24.2 Å². The normalized spacial score (nSPS) is 12.5. The highest BCUT2D eigenvalue weighted by Gasteiger charge is 2.19. The van der Waals surface area contributed by atoms with Gasteiger partial charge in [0.05, 0.1) is 12.7 Å². The number of hydrogen-bond acceptors (Lipinski definition) is 4. The number of oxazole rings is 1. The standard InChI is InChI=1S/C22H35N5O/c1-7-27(8-2)16-18-12-10-9-11-17(18)13-25-21(23-6)26-15-20-24-14-19(28-20)22(3,4)5/h9-12,14H,7-8,13,15-16H2,1-6H3,(H2,23,25,26). The molecule has 2 aromatic rings. The van der Waals surface area contributed by atoms with Gasteiger partial charge in [-0.3, -0.25) is 9.89 Å². The number of benzene rings is 1. The first-order valence-electron chi connectivity index (χ1n) is 10.1. The summed E-state index contributed by atoms with van der Waals surface area (Å²) in [6.45, 7) is 15.0. The fourth-order valence-corrected chi connectivity index (χ4v) is 2.87. The number of rotatable bonds is 8. The molecule has 2 N–H and O–H groups in total. The van der Waals surface area contributed by atoms with E-state index in [4.69, 9.17) is 4.42 Å². The molecule has 1 aromatic heterocycles. The molecule has 0 aliphatic carbocycles. The van der Waals surface area contributed by atoms with E-state index in [0.717, 1.165) is 37.9 Å². The molecule has 1 aromatic carbocycles. The summed E-state index contributed by atoms with van der Waals surface area (Å²) in [4.78, 5) is 11.1. The molecule has 0 radical (unpaired) electrons. The molecule has 0 saturated heterocycles. The number of hydrogen-bond donors (Lipinski definition) is 2. The molecule has 0 aliphatic rings. The molecule has 0 saturated carbocycles. The minimum Gasteiger partial charge on any atom is -0.443 e. The van der Waals surface area contributed by atoms with Crippen LogP contribution in [0.25, 0.3) is 0 Å². The van der Waals surface area contributed by atoms with Crippen LogP contribution < -0.4 is 10.6 Å². The maximum absolute atomic E-state index is 5.83. The second kappa shape index (κ2) is 10.3. The molecule has 0 fully saturated rings. The number of aliphatic imine (C=N–C) groups is 1. The molecular formula is C22H35N5O. The third kappa shape index (κ3) is 6.37. The molecule has 0 aliphatic heterocycles. The smallest absolute Gasteiger partial charge is 0.213 e. The molecule has 0 unspecified atom stereocenters. The van der Waals surface area contributed by atoms with Crippen LogP contribution >= 0.6 is 0 Å². The number of nitrogens with one attached hydrogen (secondary N) is 2. The first-order valence-corrected chi connectivity index (χ1v) is 10.1. The minimum atomic E-state index is -0.0419. The lowest BCUT2D eigenvalue weighted by atomic mass is 9.94. The summed E-state index contributed by atoms with van der Waals surface area (Å²) in [6.07, 6.45) is 1.80. The van der Waals surface area contributed by atoms with E-state index in [0.29, 0.717) is 12.4 Å². The maximum Gasteiger partial charge on any atom is 0.213 e. The Balaban J connectivity index is 1.93. The molecule has 6 nitrogen and oxygen atoms in total. The van der Waals surface area contributed by atoms with E-state index < -0.39 is 0 Å². The summed E-state index contributed by atoms with van der Waals surface area (Å²) < 4.78 is 5.83. The summed E-state index contributed by atoms with van der Waals surface area (Å²) in [5.74, 6) is 2.28. The van der Waals surface area contributed by atoms with Gasteiger partial charge in [-0.15, -0.1) is 0 Å². The monoisotopic (exact) mass is 385 g/mol. The molecule has 28 heavy (non-hydrogen) atoms. The fourth-order valence-electron chi connectivity index (χ4n) is 2.87. The number of guanidine groups is 1. The minimum absolute atomic E-state index is 0.0419. The summed E-state index contributed by atoms with van der Waals surface area (Å²) in [7, 11) is 1.77. The molecular weight excluding hydrogens is 350 g/mol. The van der Waals surface area contributed by atoms with Gasteiger partial charge < -0.3 is 15.1 Å². The Bertz CT molecular complexity index is 756. The van der Waals surface area contributed by atoms with Gasteiger partial charge in [0.2, 0.25) is 5.89 Å². The van der Waals surface area contributed by atoms with E-state index in [-0.39, 0.29) is 5.41 Å². The van der Waals surface area contributed by atoms with E-state index in [1.165, 1.54) is 11.1 Å². The van der Waals surface area contributed by atoms with Crippen LogP contribution in [0.2, 0.25) is 0 Å². The molecule has 1 heterocycles. The molecule has 154 valence electrons. The molecule has 6 heteroatoms. The summed E-state index contributed by atoms with van der Waals surface area (Å²) >= 11 is 0. The second-order valence-electron chi connectivity index (χ2n) is 7.88. The van der Waals surface area contributed by atoms with Crippen LogP contribution in [0.5, 0.6) is 0 Å². The Morgan fingerprint density at radius 1 is 1.07 bits per heavy atom. The zero-order valence-corrected chi connectivity index (χ0v) is 18.2. The quantitative estimate of drug-likeness (QED) is 0.536. The van der Waals surface area contributed by atoms with E-state index in [2.05, 4.69) is 84.4 Å². The highest BCUT2D eigenvalue weighted by molar-refractivity contribution is 5.79. The molecule has 0 spiro atoms. The first-order chi connectivity index (χ1) is 13.4. The van der Waals surface area contributed by atoms with Gasteiger partial charge in [0.25, 0.3) is 0 Å². The van der Waals surface area contributed by atoms with Crippen molar-refractivity contribution in [2.24, 2.45) is 4.99 Å². The van der Waals surface area contributed by atoms with Gasteiger partial charge in [-0.2, -0.15) is 0 Å². The number of aromatic nitrogens is 1. The Labute approximate surface area is 169 Å². The SMILES string of the molecule is CCN(CC)Cc1ccccc1CNC(=NC)NCc1ncc(C(C)(C)C)o1. The Morgan fingerprint density at radius 3 is 2.29 bits per heavy atom. The van der Waals surface area contributed by atoms with Gasteiger partial charge in [0.1, 0.15) is 5.76 Å². The van der Waals surface area contributed by atoms with Crippen LogP contribution in [-0.4, -0.2) is 36.0 Å². The van der Waals surface area contributed by atoms with Crippen molar-refractivity contribution in [1.29, 1.82) is 0 Å². The van der Waals surface area contributed by atoms with Crippen molar-refractivity contribution in [2.75, 3.05) is 20.1 Å². The number of nitrogens with zero attached hydrogens (tertiary/aromatic N) is 3. The van der Waals surface area contributed by atoms with Crippen molar-refractivity contribution >= 4 is 5.96 Å². The van der Waals surface area contributed by atoms with Crippen LogP contribution in [0.4, 0.5) is 0 Å². The summed E-state index contributed by atoms with van der Waals surface area (Å²) in [5, 5.41) is 6.67. The van der Waals surface area contributed by atoms with Crippen LogP contribution in [0.15, 0.2) is 39.9 Å². The summed E-state index contributed by atoms with van der Waals surface area (Å²) in [5.41, 5.74) is 2.58. The molecule has 0 amide bonds. The van der Waals surface area contributed by atoms with E-state index in [1.54, 1.807) is 13.2 Å². The Hall–Kier alpha value is -2.34. The van der Waals surface area contributed by atoms with Crippen LogP contribution in [0, 0.1) is 0 Å². The Morgan fingerprint density at radius 2 is 1.71 bits per heavy atom. The van der Waals surface area contributed by atoms with Crippen molar-refractivity contribution < 1.29 is 4.42 Å². The second-order valence-corrected chi connectivity index (χ2v) is 7.88. The highest BCUT2D eigenvalue weighted by atomic mass is 16.4. The maximum atomic E-state index is 5.83. The Kier molecular flexibility index (Phi) is 8.05. The van der Waals surface area contributed by atoms with Gasteiger partial charge in [-0.1, -0.05) is 58.9 Å². The fraction of sp³-hybridized carbons (Fsp3) is 0.545. The lowest BCUT2D eigenvalue weighted by Crippen LogP contribution is -2.36. The van der Waals surface area contributed by atoms with E-state index in [1.807, 2.05) is 0 Å². The topological polar surface area (TPSA) is 65.7 Å². The average molecular weight is 386 g/mol. The van der Waals surface area contributed by atoms with E-state index >= 15 is 0 Å². The van der Waals surface area contributed by atoms with Gasteiger partial charge in [0.15, 0.2) is 5.96 Å².